The van der Waals surface area contributed by atoms with E-state index in [2.05, 4.69) is 142 Å². The molecule has 0 radical (unpaired) electrons. The van der Waals surface area contributed by atoms with Gasteiger partial charge in [0.25, 0.3) is 23.6 Å². The third-order valence-corrected chi connectivity index (χ3v) is 52.6. The van der Waals surface area contributed by atoms with E-state index in [0.29, 0.717) is 91.5 Å². The van der Waals surface area contributed by atoms with Crippen molar-refractivity contribution in [1.29, 1.82) is 0 Å². The van der Waals surface area contributed by atoms with Gasteiger partial charge in [-0.05, 0) is 190 Å². The molecule has 2 aromatic carbocycles. The van der Waals surface area contributed by atoms with Crippen LogP contribution in [0.25, 0.3) is 0 Å². The minimum Gasteiger partial charge on any atom is -0.412 e. The fourth-order valence-electron chi connectivity index (χ4n) is 27.1. The smallest absolute Gasteiger partial charge is 0.261 e. The average Bonchev–Trinajstić information content (AvgIpc) is 1.55. The Morgan fingerprint density at radius 2 is 0.705 bits per heavy atom. The second-order valence-electron chi connectivity index (χ2n) is 51.3. The normalized spacial score (nSPS) is 42.2. The zero-order valence-corrected chi connectivity index (χ0v) is 93.7. The van der Waals surface area contributed by atoms with Crippen LogP contribution in [0.2, 0.25) is 54.4 Å². The van der Waals surface area contributed by atoms with Crippen molar-refractivity contribution in [3.05, 3.63) is 119 Å². The van der Waals surface area contributed by atoms with Crippen molar-refractivity contribution < 1.29 is 123 Å². The SMILES string of the molecule is C=C1C[C@@H]2CC[C@@]34C[C@@H]5O[C@H]6[C@@H](O3)[C@H]3OC(CC[C@@H]3O[C@H]6C5O4)CC(=O)C[C@H]3[C@H](CC4O[C@@H](CCC1O2)C[C@@H](C)C4=C)OC(C[C@@H](CN1C(=O)c2ccccc2C1=O)O[Si](C)(C)C(C)(C)C)[C@@H]3OC.C=C1C[C@@H]2CC[C@@]34C[C@@H]5O[C@H]6[C@@H](O3)[C@H]3OC(CC[C@@H]3O[C@H]6C5O4)CC(=O)C[C@H]3[C@H](CC4O[C@@H](CCC1O2)C[C@@H](C)C4=C)OC(C[C@@H](CN1C(=O)c2ccccc2C1=O)O[Si](C)(C)C(C)(C)C)[C@@H]3OC.CC(C)(C)[Si](C)(C)Cl. The first kappa shape index (κ1) is 108. The predicted molar refractivity (Wildman–Crippen MR) is 553 cm³/mol. The van der Waals surface area contributed by atoms with Crippen molar-refractivity contribution >= 4 is 70.3 Å². The van der Waals surface area contributed by atoms with Crippen molar-refractivity contribution in [3.8, 4) is 0 Å². The lowest BCUT2D eigenvalue weighted by molar-refractivity contribution is -0.292. The van der Waals surface area contributed by atoms with Gasteiger partial charge in [-0.3, -0.25) is 38.6 Å². The number of methoxy groups -OCH3 is 2. The average molecular weight is 2100 g/mol. The molecule has 20 fully saturated rings. The summed E-state index contributed by atoms with van der Waals surface area (Å²) in [6.45, 7) is 55.5. The number of ketones is 2. The highest BCUT2D eigenvalue weighted by Crippen LogP contribution is 2.59. The number of fused-ring (bicyclic) bond motifs is 14. The number of nitrogens with zero attached hydrogens (tertiary/aromatic N) is 2. The summed E-state index contributed by atoms with van der Waals surface area (Å²) in [6.07, 6.45) is 7.37. The second-order valence-corrected chi connectivity index (χ2v) is 68.1. The molecule has 22 heterocycles. The quantitative estimate of drug-likeness (QED) is 0.0734. The Morgan fingerprint density at radius 3 is 1.05 bits per heavy atom. The van der Waals surface area contributed by atoms with Crippen LogP contribution in [0, 0.1) is 23.7 Å². The Morgan fingerprint density at radius 1 is 0.377 bits per heavy atom. The summed E-state index contributed by atoms with van der Waals surface area (Å²) in [5.74, 6) is -3.01. The minimum atomic E-state index is -2.46. The molecule has 28 nitrogen and oxygen atoms in total. The van der Waals surface area contributed by atoms with Gasteiger partial charge in [0.15, 0.2) is 35.6 Å². The van der Waals surface area contributed by atoms with Gasteiger partial charge in [-0.25, -0.2) is 0 Å². The molecular weight excluding hydrogens is 1930 g/mol. The molecule has 24 bridgehead atoms. The van der Waals surface area contributed by atoms with Crippen molar-refractivity contribution in [3.63, 3.8) is 0 Å². The predicted octanol–water partition coefficient (Wildman–Crippen LogP) is 18.8. The van der Waals surface area contributed by atoms with Gasteiger partial charge in [0.1, 0.15) is 72.6 Å². The number of halogens is 1. The first-order chi connectivity index (χ1) is 69.0. The van der Waals surface area contributed by atoms with E-state index in [0.717, 1.165) is 99.3 Å². The lowest BCUT2D eigenvalue weighted by Crippen LogP contribution is -2.61. The fourth-order valence-corrected chi connectivity index (χ4v) is 29.8. The Bertz CT molecular complexity index is 4840. The van der Waals surface area contributed by atoms with Crippen LogP contribution >= 0.6 is 11.1 Å². The largest absolute Gasteiger partial charge is 0.412 e. The molecule has 20 saturated heterocycles. The van der Waals surface area contributed by atoms with Crippen LogP contribution in [0.3, 0.4) is 0 Å². The van der Waals surface area contributed by atoms with Crippen LogP contribution < -0.4 is 0 Å². The maximum Gasteiger partial charge on any atom is 0.261 e. The molecule has 2 spiro atoms. The summed E-state index contributed by atoms with van der Waals surface area (Å²) in [5.41, 5.74) is 5.90. The van der Waals surface area contributed by atoms with Crippen molar-refractivity contribution in [2.75, 3.05) is 27.3 Å². The molecule has 806 valence electrons. The van der Waals surface area contributed by atoms with Gasteiger partial charge in [0.2, 0.25) is 0 Å². The number of imide groups is 2. The number of rotatable bonds is 14. The standard InChI is InChI=1S/2C54H75NO13Si.C6H15ClSi/c2*1-28-20-32-14-16-39-29(2)21-34(60-39)18-19-54-26-44-47(66-54)48-49(65-44)50(67-54)46-40(64-48)17-15-33(62-46)22-31(56)23-38-42(25-41(61-32)30(28)3)63-43(45(38)59-7)24-35(68-69(8,9)53(4,5)6)27-55-51(57)36-12-10-11-13-37(36)52(55)58;1-6(2,3)8(4,5)7/h2*10-13,28,32-35,38-50H,2-3,14-27H2,1,4-9H3;1-5H3/t2*28-,32+,33?,34+,35+,38+,39?,40+,41?,42+,43?,44+,45-,46+,47?,48+,49-,50+,54+;/m11./s1. The van der Waals surface area contributed by atoms with Crippen LogP contribution in [0.1, 0.15) is 285 Å². The Kier molecular flexibility index (Phi) is 30.9. The lowest BCUT2D eigenvalue weighted by Gasteiger charge is -2.47. The van der Waals surface area contributed by atoms with Gasteiger partial charge in [-0.2, -0.15) is 11.1 Å². The molecule has 0 aromatic heterocycles. The number of ether oxygens (including phenoxy) is 18. The van der Waals surface area contributed by atoms with Crippen LogP contribution in [0.5, 0.6) is 0 Å². The van der Waals surface area contributed by atoms with E-state index < -0.39 is 96.6 Å². The van der Waals surface area contributed by atoms with Crippen LogP contribution in [0.4, 0.5) is 0 Å². The maximum atomic E-state index is 14.7. The summed E-state index contributed by atoms with van der Waals surface area (Å²) < 4.78 is 138. The molecule has 22 aliphatic rings. The molecule has 0 saturated carbocycles. The lowest BCUT2D eigenvalue weighted by atomic mass is 9.81. The number of carbonyl (C=O) groups is 6. The molecule has 10 unspecified atom stereocenters. The topological polar surface area (TPSA) is 293 Å². The Labute approximate surface area is 872 Å². The first-order valence-electron chi connectivity index (χ1n) is 55.3. The van der Waals surface area contributed by atoms with Crippen LogP contribution in [-0.2, 0) is 104 Å². The third-order valence-electron chi connectivity index (χ3n) is 38.2. The summed E-state index contributed by atoms with van der Waals surface area (Å²) in [4.78, 5) is 87.3. The number of amides is 4. The molecule has 146 heavy (non-hydrogen) atoms. The summed E-state index contributed by atoms with van der Waals surface area (Å²) in [7, 11) is -2.94. The van der Waals surface area contributed by atoms with Crippen molar-refractivity contribution in [2.24, 2.45) is 23.7 Å². The molecule has 24 rings (SSSR count). The molecule has 4 amide bonds. The zero-order valence-electron chi connectivity index (χ0n) is 89.9. The molecule has 38 atom stereocenters. The van der Waals surface area contributed by atoms with E-state index in [4.69, 9.17) is 105 Å². The zero-order chi connectivity index (χ0) is 104. The van der Waals surface area contributed by atoms with Gasteiger partial charge >= 0.3 is 0 Å². The van der Waals surface area contributed by atoms with E-state index >= 15 is 0 Å². The molecule has 2 aromatic rings. The maximum absolute atomic E-state index is 14.7. The highest BCUT2D eigenvalue weighted by molar-refractivity contribution is 7.20. The van der Waals surface area contributed by atoms with Crippen molar-refractivity contribution in [1.82, 2.24) is 9.80 Å². The van der Waals surface area contributed by atoms with Gasteiger partial charge < -0.3 is 94.1 Å². The first-order valence-corrected chi connectivity index (χ1v) is 65.2. The molecular formula is C114H165ClN2O26Si3. The molecule has 0 aliphatic carbocycles. The van der Waals surface area contributed by atoms with Gasteiger partial charge in [0.05, 0.1) is 170 Å². The number of hydrogen-bond donors (Lipinski definition) is 0. The Balaban J connectivity index is 0.000000165. The summed E-state index contributed by atoms with van der Waals surface area (Å²) >= 11 is 6.15. The molecule has 0 N–H and O–H groups in total. The number of carbonyl (C=O) groups excluding carboxylic acids is 6. The van der Waals surface area contributed by atoms with Gasteiger partial charge in [-0.15, -0.1) is 0 Å². The van der Waals surface area contributed by atoms with Gasteiger partial charge in [-0.1, -0.05) is 140 Å². The molecule has 32 heteroatoms. The van der Waals surface area contributed by atoms with E-state index in [9.17, 15) is 28.8 Å². The summed E-state index contributed by atoms with van der Waals surface area (Å²) in [6, 6.07) is 13.9. The third kappa shape index (κ3) is 21.4. The number of hydrogen-bond acceptors (Lipinski definition) is 26. The van der Waals surface area contributed by atoms with E-state index in [1.54, 1.807) is 62.8 Å². The van der Waals surface area contributed by atoms with Crippen molar-refractivity contribution in [2.45, 2.75) is 504 Å². The summed E-state index contributed by atoms with van der Waals surface area (Å²) in [5, 5.41) is 0.0361. The van der Waals surface area contributed by atoms with E-state index in [-0.39, 0.29) is 242 Å². The van der Waals surface area contributed by atoms with Crippen LogP contribution in [0.15, 0.2) is 97.1 Å². The Hall–Kier alpha value is -4.84. The highest BCUT2D eigenvalue weighted by atomic mass is 35.6. The molecule has 22 aliphatic heterocycles. The fraction of sp³-hybridized carbons (Fsp3) is 0.772. The van der Waals surface area contributed by atoms with E-state index in [1.165, 1.54) is 9.80 Å². The van der Waals surface area contributed by atoms with Crippen LogP contribution in [-0.4, -0.2) is 303 Å². The number of benzene rings is 2. The second kappa shape index (κ2) is 41.7. The van der Waals surface area contributed by atoms with E-state index in [1.807, 2.05) is 0 Å². The van der Waals surface area contributed by atoms with Gasteiger partial charge in [0, 0.05) is 103 Å². The minimum absolute atomic E-state index is 0.0150. The number of Topliss-reactive ketones (excluding diaryl/α,β-unsaturated/α-hetero) is 2. The highest BCUT2D eigenvalue weighted by Gasteiger charge is 2.72. The monoisotopic (exact) mass is 2100 g/mol.